The van der Waals surface area contributed by atoms with Crippen LogP contribution in [0.3, 0.4) is 0 Å². The van der Waals surface area contributed by atoms with Gasteiger partial charge >= 0.3 is 0 Å². The molecule has 0 unspecified atom stereocenters. The van der Waals surface area contributed by atoms with Gasteiger partial charge in [0, 0.05) is 30.1 Å². The Labute approximate surface area is 227 Å². The minimum Gasteiger partial charge on any atom is -0.449 e. The van der Waals surface area contributed by atoms with Crippen molar-refractivity contribution in [3.63, 3.8) is 0 Å². The van der Waals surface area contributed by atoms with Gasteiger partial charge in [0.15, 0.2) is 11.5 Å². The molecular weight excluding hydrogens is 530 g/mol. The van der Waals surface area contributed by atoms with Crippen molar-refractivity contribution in [1.29, 1.82) is 0 Å². The molecule has 0 atom stereocenters. The number of benzene rings is 3. The number of anilines is 1. The van der Waals surface area contributed by atoms with E-state index in [0.29, 0.717) is 24.0 Å². The number of nitrogens with zero attached hydrogens (tertiary/aromatic N) is 2. The van der Waals surface area contributed by atoms with E-state index in [4.69, 9.17) is 4.74 Å². The van der Waals surface area contributed by atoms with Crippen molar-refractivity contribution in [3.05, 3.63) is 100 Å². The Kier molecular flexibility index (Phi) is 9.14. The molecule has 0 saturated heterocycles. The molecule has 1 heterocycles. The van der Waals surface area contributed by atoms with Gasteiger partial charge in [0.25, 0.3) is 5.91 Å². The number of hydrogen-bond donors (Lipinski definition) is 1. The molecule has 192 valence electrons. The van der Waals surface area contributed by atoms with Crippen molar-refractivity contribution < 1.29 is 14.3 Å². The van der Waals surface area contributed by atoms with E-state index in [1.807, 2.05) is 42.5 Å². The van der Waals surface area contributed by atoms with Crippen molar-refractivity contribution >= 4 is 39.5 Å². The Morgan fingerprint density at radius 3 is 2.57 bits per heavy atom. The number of para-hydroxylation sites is 2. The topological polar surface area (TPSA) is 61.9 Å². The maximum Gasteiger partial charge on any atom is 0.294 e. The normalized spacial score (nSPS) is 14.1. The molecule has 3 aromatic carbocycles. The molecule has 0 saturated carbocycles. The van der Waals surface area contributed by atoms with E-state index in [0.717, 1.165) is 29.5 Å². The van der Waals surface area contributed by atoms with Crippen LogP contribution in [0, 0.1) is 0 Å². The highest BCUT2D eigenvalue weighted by Crippen LogP contribution is 2.35. The van der Waals surface area contributed by atoms with Crippen LogP contribution in [0.15, 0.2) is 89.1 Å². The summed E-state index contributed by atoms with van der Waals surface area (Å²) in [6, 6.07) is 25.7. The van der Waals surface area contributed by atoms with Crippen molar-refractivity contribution in [3.8, 4) is 5.75 Å². The predicted octanol–water partition coefficient (Wildman–Crippen LogP) is 5.63. The van der Waals surface area contributed by atoms with E-state index < -0.39 is 0 Å². The van der Waals surface area contributed by atoms with Crippen molar-refractivity contribution in [2.45, 2.75) is 32.9 Å². The Morgan fingerprint density at radius 2 is 1.81 bits per heavy atom. The van der Waals surface area contributed by atoms with Gasteiger partial charge in [-0.05, 0) is 61.7 Å². The number of rotatable bonds is 10. The Bertz CT molecular complexity index is 1260. The van der Waals surface area contributed by atoms with Crippen molar-refractivity contribution in [2.24, 2.45) is 0 Å². The van der Waals surface area contributed by atoms with Gasteiger partial charge in [-0.15, -0.1) is 0 Å². The zero-order valence-electron chi connectivity index (χ0n) is 21.2. The summed E-state index contributed by atoms with van der Waals surface area (Å²) in [6.45, 7) is 6.57. The molecule has 1 aliphatic heterocycles. The summed E-state index contributed by atoms with van der Waals surface area (Å²) in [4.78, 5) is 30.0. The van der Waals surface area contributed by atoms with Crippen LogP contribution in [0.1, 0.15) is 31.4 Å². The summed E-state index contributed by atoms with van der Waals surface area (Å²) in [6.07, 6.45) is 2.51. The summed E-state index contributed by atoms with van der Waals surface area (Å²) >= 11 is 3.45. The lowest BCUT2D eigenvalue weighted by atomic mass is 10.1. The third kappa shape index (κ3) is 7.31. The molecule has 4 rings (SSSR count). The number of halogens is 1. The minimum atomic E-state index is -0.345. The molecule has 37 heavy (non-hydrogen) atoms. The highest BCUT2D eigenvalue weighted by molar-refractivity contribution is 9.10. The minimum absolute atomic E-state index is 0.0764. The van der Waals surface area contributed by atoms with E-state index in [-0.39, 0.29) is 24.1 Å². The van der Waals surface area contributed by atoms with Gasteiger partial charge < -0.3 is 10.1 Å². The van der Waals surface area contributed by atoms with Crippen molar-refractivity contribution in [2.75, 3.05) is 24.5 Å². The second-order valence-electron chi connectivity index (χ2n) is 9.28. The number of carbonyl (C=O) groups excluding carboxylic acids is 2. The van der Waals surface area contributed by atoms with E-state index in [9.17, 15) is 9.59 Å². The first-order valence-corrected chi connectivity index (χ1v) is 13.3. The van der Waals surface area contributed by atoms with Crippen LogP contribution in [-0.4, -0.2) is 42.4 Å². The molecule has 0 aromatic heterocycles. The molecule has 1 N–H and O–H groups in total. The molecule has 0 fully saturated rings. The zero-order chi connectivity index (χ0) is 26.2. The summed E-state index contributed by atoms with van der Waals surface area (Å²) in [5.41, 5.74) is 2.69. The molecule has 1 aliphatic rings. The van der Waals surface area contributed by atoms with Crippen LogP contribution < -0.4 is 15.0 Å². The van der Waals surface area contributed by atoms with Gasteiger partial charge in [0.2, 0.25) is 5.91 Å². The van der Waals surface area contributed by atoms with Gasteiger partial charge in [-0.1, -0.05) is 70.5 Å². The number of nitrogens with one attached hydrogen (secondary N) is 1. The Morgan fingerprint density at radius 1 is 1.05 bits per heavy atom. The fourth-order valence-corrected chi connectivity index (χ4v) is 4.63. The van der Waals surface area contributed by atoms with E-state index in [2.05, 4.69) is 64.3 Å². The van der Waals surface area contributed by atoms with Gasteiger partial charge in [0.05, 0.1) is 5.69 Å². The first-order chi connectivity index (χ1) is 17.9. The second-order valence-corrected chi connectivity index (χ2v) is 10.2. The molecule has 3 aromatic rings. The van der Waals surface area contributed by atoms with Gasteiger partial charge in [-0.25, -0.2) is 0 Å². The molecule has 0 aliphatic carbocycles. The summed E-state index contributed by atoms with van der Waals surface area (Å²) in [5, 5.41) is 2.99. The summed E-state index contributed by atoms with van der Waals surface area (Å²) < 4.78 is 6.82. The first-order valence-electron chi connectivity index (χ1n) is 12.5. The average Bonchev–Trinajstić information content (AvgIpc) is 2.89. The quantitative estimate of drug-likeness (QED) is 0.257. The second kappa shape index (κ2) is 12.7. The molecule has 6 nitrogen and oxygen atoms in total. The smallest absolute Gasteiger partial charge is 0.294 e. The molecule has 7 heteroatoms. The SMILES string of the molecule is CC(C)N(CCCNC(=O)CN1C(=O)/C(=C\c2cccc(Br)c2)Oc2ccccc21)Cc1ccccc1. The lowest BCUT2D eigenvalue weighted by Gasteiger charge is -2.30. The summed E-state index contributed by atoms with van der Waals surface area (Å²) in [5.74, 6) is 0.177. The number of amides is 2. The fraction of sp³-hybridized carbons (Fsp3) is 0.267. The maximum atomic E-state index is 13.3. The monoisotopic (exact) mass is 561 g/mol. The third-order valence-corrected chi connectivity index (χ3v) is 6.68. The van der Waals surface area contributed by atoms with Gasteiger partial charge in [-0.3, -0.25) is 19.4 Å². The zero-order valence-corrected chi connectivity index (χ0v) is 22.8. The first kappa shape index (κ1) is 26.6. The summed E-state index contributed by atoms with van der Waals surface area (Å²) in [7, 11) is 0. The highest BCUT2D eigenvalue weighted by atomic mass is 79.9. The maximum absolute atomic E-state index is 13.3. The lowest BCUT2D eigenvalue weighted by molar-refractivity contribution is -0.123. The number of fused-ring (bicyclic) bond motifs is 1. The van der Waals surface area contributed by atoms with E-state index >= 15 is 0 Å². The third-order valence-electron chi connectivity index (χ3n) is 6.18. The van der Waals surface area contributed by atoms with E-state index in [1.165, 1.54) is 10.5 Å². The standard InChI is InChI=1S/C30H32BrN3O3/c1-22(2)33(20-23-10-4-3-5-11-23)17-9-16-32-29(35)21-34-26-14-6-7-15-27(26)37-28(30(34)36)19-24-12-8-13-25(31)18-24/h3-8,10-15,18-19,22H,9,16-17,20-21H2,1-2H3,(H,32,35)/b28-19+. The number of ether oxygens (including phenoxy) is 1. The molecular formula is C30H32BrN3O3. The van der Waals surface area contributed by atoms with Crippen LogP contribution in [0.4, 0.5) is 5.69 Å². The predicted molar refractivity (Wildman–Crippen MR) is 151 cm³/mol. The average molecular weight is 563 g/mol. The van der Waals surface area contributed by atoms with Crippen LogP contribution >= 0.6 is 15.9 Å². The van der Waals surface area contributed by atoms with Crippen LogP contribution in [-0.2, 0) is 16.1 Å². The number of hydrogen-bond acceptors (Lipinski definition) is 4. The Hall–Kier alpha value is -3.42. The van der Waals surface area contributed by atoms with E-state index in [1.54, 1.807) is 18.2 Å². The lowest BCUT2D eigenvalue weighted by Crippen LogP contribution is -2.44. The van der Waals surface area contributed by atoms with Gasteiger partial charge in [-0.2, -0.15) is 0 Å². The highest BCUT2D eigenvalue weighted by Gasteiger charge is 2.31. The van der Waals surface area contributed by atoms with Crippen LogP contribution in [0.5, 0.6) is 5.75 Å². The Balaban J connectivity index is 1.37. The van der Waals surface area contributed by atoms with Gasteiger partial charge in [0.1, 0.15) is 6.54 Å². The molecule has 0 radical (unpaired) electrons. The fourth-order valence-electron chi connectivity index (χ4n) is 4.21. The largest absolute Gasteiger partial charge is 0.449 e. The van der Waals surface area contributed by atoms with Crippen molar-refractivity contribution in [1.82, 2.24) is 10.2 Å². The molecule has 2 amide bonds. The van der Waals surface area contributed by atoms with Crippen LogP contribution in [0.2, 0.25) is 0 Å². The molecule has 0 bridgehead atoms. The molecule has 0 spiro atoms. The number of carbonyl (C=O) groups is 2. The van der Waals surface area contributed by atoms with Crippen LogP contribution in [0.25, 0.3) is 6.08 Å².